The van der Waals surface area contributed by atoms with E-state index >= 15 is 0 Å². The van der Waals surface area contributed by atoms with Gasteiger partial charge in [0.2, 0.25) is 0 Å². The summed E-state index contributed by atoms with van der Waals surface area (Å²) in [7, 11) is 0. The lowest BCUT2D eigenvalue weighted by atomic mass is 10.0. The van der Waals surface area contributed by atoms with E-state index in [1.54, 1.807) is 0 Å². The molecule has 1 N–H and O–H groups in total. The van der Waals surface area contributed by atoms with Gasteiger partial charge in [-0.2, -0.15) is 13.2 Å². The lowest BCUT2D eigenvalue weighted by Crippen LogP contribution is -2.04. The van der Waals surface area contributed by atoms with Crippen LogP contribution in [0.15, 0.2) is 48.8 Å². The number of hydrogen-bond acceptors (Lipinski definition) is 5. The summed E-state index contributed by atoms with van der Waals surface area (Å²) >= 11 is 1.49. The number of alkyl halides is 3. The molecule has 4 nitrogen and oxygen atoms in total. The molecule has 2 aromatic carbocycles. The summed E-state index contributed by atoms with van der Waals surface area (Å²) in [4.78, 5) is 13.9. The molecule has 4 aromatic rings. The third-order valence-electron chi connectivity index (χ3n) is 4.69. The maximum Gasteiger partial charge on any atom is 0.416 e. The highest BCUT2D eigenvalue weighted by Crippen LogP contribution is 2.32. The largest absolute Gasteiger partial charge is 0.416 e. The minimum Gasteiger partial charge on any atom is -0.338 e. The second-order valence-electron chi connectivity index (χ2n) is 6.73. The van der Waals surface area contributed by atoms with E-state index in [0.717, 1.165) is 22.0 Å². The molecule has 0 amide bonds. The third-order valence-corrected chi connectivity index (χ3v) is 5.65. The van der Waals surface area contributed by atoms with Crippen LogP contribution in [0.4, 0.5) is 24.7 Å². The molecular formula is C21H17F3N4S. The first-order valence-electron chi connectivity index (χ1n) is 8.91. The summed E-state index contributed by atoms with van der Waals surface area (Å²) in [5, 5.41) is 3.96. The third kappa shape index (κ3) is 4.07. The highest BCUT2D eigenvalue weighted by atomic mass is 32.1. The van der Waals surface area contributed by atoms with Gasteiger partial charge in [0.05, 0.1) is 5.56 Å². The van der Waals surface area contributed by atoms with Gasteiger partial charge in [0.25, 0.3) is 0 Å². The van der Waals surface area contributed by atoms with Crippen LogP contribution in [-0.4, -0.2) is 15.0 Å². The van der Waals surface area contributed by atoms with Crippen LogP contribution < -0.4 is 5.32 Å². The van der Waals surface area contributed by atoms with Gasteiger partial charge >= 0.3 is 6.18 Å². The first kappa shape index (κ1) is 19.3. The number of halogens is 3. The Labute approximate surface area is 169 Å². The Morgan fingerprint density at radius 1 is 0.966 bits per heavy atom. The van der Waals surface area contributed by atoms with Crippen molar-refractivity contribution in [1.29, 1.82) is 0 Å². The van der Waals surface area contributed by atoms with Crippen molar-refractivity contribution in [2.75, 3.05) is 5.32 Å². The zero-order valence-electron chi connectivity index (χ0n) is 15.7. The smallest absolute Gasteiger partial charge is 0.338 e. The Bertz CT molecular complexity index is 1150. The van der Waals surface area contributed by atoms with Crippen molar-refractivity contribution in [3.05, 3.63) is 76.1 Å². The van der Waals surface area contributed by atoms with E-state index in [1.807, 2.05) is 6.07 Å². The van der Waals surface area contributed by atoms with Crippen molar-refractivity contribution in [3.8, 4) is 0 Å². The molecule has 0 saturated carbocycles. The number of rotatable bonds is 4. The van der Waals surface area contributed by atoms with Crippen LogP contribution in [-0.2, 0) is 12.6 Å². The second-order valence-corrected chi connectivity index (χ2v) is 7.79. The normalized spacial score (nSPS) is 11.8. The highest BCUT2D eigenvalue weighted by Gasteiger charge is 2.30. The molecule has 0 saturated heterocycles. The zero-order valence-corrected chi connectivity index (χ0v) is 16.5. The average molecular weight is 414 g/mol. The van der Waals surface area contributed by atoms with Crippen molar-refractivity contribution in [2.24, 2.45) is 0 Å². The van der Waals surface area contributed by atoms with E-state index in [0.29, 0.717) is 23.4 Å². The monoisotopic (exact) mass is 414 g/mol. The minimum atomic E-state index is -4.36. The van der Waals surface area contributed by atoms with Crippen LogP contribution in [0.25, 0.3) is 10.3 Å². The first-order chi connectivity index (χ1) is 13.8. The molecule has 0 fully saturated rings. The first-order valence-corrected chi connectivity index (χ1v) is 9.73. The van der Waals surface area contributed by atoms with Gasteiger partial charge in [-0.25, -0.2) is 15.0 Å². The van der Waals surface area contributed by atoms with E-state index < -0.39 is 11.7 Å². The van der Waals surface area contributed by atoms with Crippen molar-refractivity contribution < 1.29 is 13.2 Å². The molecule has 4 rings (SSSR count). The number of aromatic nitrogens is 3. The topological polar surface area (TPSA) is 50.7 Å². The Kier molecular flexibility index (Phi) is 4.96. The van der Waals surface area contributed by atoms with E-state index in [9.17, 15) is 13.2 Å². The molecule has 2 heterocycles. The van der Waals surface area contributed by atoms with E-state index in [4.69, 9.17) is 4.98 Å². The second kappa shape index (κ2) is 7.44. The molecule has 0 aliphatic carbocycles. The maximum absolute atomic E-state index is 12.7. The van der Waals surface area contributed by atoms with E-state index in [1.165, 1.54) is 46.5 Å². The van der Waals surface area contributed by atoms with Gasteiger partial charge in [-0.3, -0.25) is 0 Å². The number of benzene rings is 2. The molecule has 148 valence electrons. The number of nitrogens with zero attached hydrogens (tertiary/aromatic N) is 3. The molecule has 0 bridgehead atoms. The van der Waals surface area contributed by atoms with Crippen molar-refractivity contribution in [3.63, 3.8) is 0 Å². The van der Waals surface area contributed by atoms with Crippen LogP contribution in [0, 0.1) is 13.8 Å². The summed E-state index contributed by atoms with van der Waals surface area (Å²) in [5.41, 5.74) is 4.06. The lowest BCUT2D eigenvalue weighted by Gasteiger charge is -2.09. The molecular weight excluding hydrogens is 397 g/mol. The molecule has 2 aromatic heterocycles. The number of thiazole rings is 1. The van der Waals surface area contributed by atoms with E-state index in [2.05, 4.69) is 41.3 Å². The molecule has 0 aliphatic rings. The van der Waals surface area contributed by atoms with Crippen molar-refractivity contribution >= 4 is 33.2 Å². The van der Waals surface area contributed by atoms with Crippen LogP contribution in [0.2, 0.25) is 0 Å². The maximum atomic E-state index is 12.7. The van der Waals surface area contributed by atoms with Crippen LogP contribution in [0.3, 0.4) is 0 Å². The Balaban J connectivity index is 1.63. The molecule has 29 heavy (non-hydrogen) atoms. The number of hydrogen-bond donors (Lipinski definition) is 1. The van der Waals surface area contributed by atoms with Gasteiger partial charge in [0.1, 0.15) is 21.7 Å². The molecule has 0 unspecified atom stereocenters. The van der Waals surface area contributed by atoms with Crippen LogP contribution in [0.5, 0.6) is 0 Å². The SMILES string of the molecule is Cc1cccc(C)c1Cc1nc2c(Nc3ccc(C(F)(F)F)cc3)ncnc2s1. The number of fused-ring (bicyclic) bond motifs is 1. The van der Waals surface area contributed by atoms with Crippen LogP contribution in [0.1, 0.15) is 27.3 Å². The van der Waals surface area contributed by atoms with Gasteiger partial charge in [-0.15, -0.1) is 0 Å². The molecule has 0 spiro atoms. The fourth-order valence-electron chi connectivity index (χ4n) is 3.12. The molecule has 0 radical (unpaired) electrons. The van der Waals surface area contributed by atoms with Gasteiger partial charge in [0, 0.05) is 12.1 Å². The van der Waals surface area contributed by atoms with Gasteiger partial charge in [0.15, 0.2) is 5.82 Å². The van der Waals surface area contributed by atoms with Crippen molar-refractivity contribution in [1.82, 2.24) is 15.0 Å². The molecule has 0 atom stereocenters. The van der Waals surface area contributed by atoms with E-state index in [-0.39, 0.29) is 0 Å². The fraction of sp³-hybridized carbons (Fsp3) is 0.190. The number of nitrogens with one attached hydrogen (secondary N) is 1. The van der Waals surface area contributed by atoms with Gasteiger partial charge in [-0.1, -0.05) is 29.5 Å². The summed E-state index contributed by atoms with van der Waals surface area (Å²) in [6, 6.07) is 11.0. The quantitative estimate of drug-likeness (QED) is 0.441. The van der Waals surface area contributed by atoms with Crippen molar-refractivity contribution in [2.45, 2.75) is 26.4 Å². The predicted octanol–water partition coefficient (Wildman–Crippen LogP) is 6.06. The van der Waals surface area contributed by atoms with Gasteiger partial charge < -0.3 is 5.32 Å². The van der Waals surface area contributed by atoms with Gasteiger partial charge in [-0.05, 0) is 54.8 Å². The standard InChI is InChI=1S/C21H17F3N4S/c1-12-4-3-5-13(2)16(12)10-17-28-18-19(25-11-26-20(18)29-17)27-15-8-6-14(7-9-15)21(22,23)24/h3-9,11H,10H2,1-2H3,(H,25,26,27). The lowest BCUT2D eigenvalue weighted by molar-refractivity contribution is -0.137. The zero-order chi connectivity index (χ0) is 20.6. The average Bonchev–Trinajstić information content (AvgIpc) is 3.08. The summed E-state index contributed by atoms with van der Waals surface area (Å²) < 4.78 is 38.2. The number of aryl methyl sites for hydroxylation is 2. The minimum absolute atomic E-state index is 0.471. The fourth-order valence-corrected chi connectivity index (χ4v) is 4.04. The highest BCUT2D eigenvalue weighted by molar-refractivity contribution is 7.18. The summed E-state index contributed by atoms with van der Waals surface area (Å²) in [6.45, 7) is 4.15. The molecule has 8 heteroatoms. The Morgan fingerprint density at radius 2 is 1.66 bits per heavy atom. The predicted molar refractivity (Wildman–Crippen MR) is 109 cm³/mol. The van der Waals surface area contributed by atoms with Crippen LogP contribution >= 0.6 is 11.3 Å². The Hall–Kier alpha value is -3.00. The molecule has 0 aliphatic heterocycles. The number of anilines is 2. The summed E-state index contributed by atoms with van der Waals surface area (Å²) in [5.74, 6) is 0.471. The summed E-state index contributed by atoms with van der Waals surface area (Å²) in [6.07, 6.45) is -2.24. The Morgan fingerprint density at radius 3 is 2.31 bits per heavy atom.